The van der Waals surface area contributed by atoms with E-state index in [1.807, 2.05) is 0 Å². The minimum atomic E-state index is -0.828. The Bertz CT molecular complexity index is 981. The van der Waals surface area contributed by atoms with Gasteiger partial charge in [0, 0.05) is 31.3 Å². The summed E-state index contributed by atoms with van der Waals surface area (Å²) < 4.78 is 34.5. The lowest BCUT2D eigenvalue weighted by Gasteiger charge is -2.37. The summed E-state index contributed by atoms with van der Waals surface area (Å²) in [5.41, 5.74) is 5.49. The van der Waals surface area contributed by atoms with Gasteiger partial charge in [-0.3, -0.25) is 0 Å². The molecule has 1 fully saturated rings. The van der Waals surface area contributed by atoms with E-state index in [0.29, 0.717) is 36.6 Å². The zero-order chi connectivity index (χ0) is 19.2. The van der Waals surface area contributed by atoms with Crippen LogP contribution < -0.4 is 15.4 Å². The first-order valence-corrected chi connectivity index (χ1v) is 9.31. The fraction of sp³-hybridized carbons (Fsp3) is 0.412. The molecular weight excluding hydrogens is 376 g/mol. The average Bonchev–Trinajstić information content (AvgIpc) is 3.22. The predicted molar refractivity (Wildman–Crippen MR) is 98.2 cm³/mol. The van der Waals surface area contributed by atoms with Gasteiger partial charge in [0.15, 0.2) is 11.6 Å². The highest BCUT2D eigenvalue weighted by molar-refractivity contribution is 7.20. The number of halogens is 2. The molecule has 3 heterocycles. The number of imidazole rings is 1. The number of hydrogen-bond donors (Lipinski definition) is 2. The normalized spacial score (nSPS) is 16.9. The second kappa shape index (κ2) is 6.70. The lowest BCUT2D eigenvalue weighted by atomic mass is 9.92. The van der Waals surface area contributed by atoms with Crippen molar-refractivity contribution in [1.82, 2.24) is 14.6 Å². The van der Waals surface area contributed by atoms with Crippen molar-refractivity contribution in [2.24, 2.45) is 5.73 Å². The summed E-state index contributed by atoms with van der Waals surface area (Å²) in [6.07, 6.45) is 2.63. The standard InChI is InChI=1S/C17H19F2N5O2S/c1-26-14-11(6-10(18)7-12(14)19)13-8-21-15-24(13)22-16(27-15)23-4-2-17(25,9-20)3-5-23/h6-8,25H,2-5,9,20H2,1H3. The van der Waals surface area contributed by atoms with Crippen molar-refractivity contribution < 1.29 is 18.6 Å². The molecule has 1 aliphatic heterocycles. The highest BCUT2D eigenvalue weighted by atomic mass is 32.1. The van der Waals surface area contributed by atoms with Gasteiger partial charge in [-0.25, -0.2) is 18.3 Å². The van der Waals surface area contributed by atoms with E-state index in [-0.39, 0.29) is 17.9 Å². The molecule has 3 N–H and O–H groups in total. The fourth-order valence-corrected chi connectivity index (χ4v) is 4.20. The Labute approximate surface area is 158 Å². The maximum absolute atomic E-state index is 14.1. The van der Waals surface area contributed by atoms with Crippen molar-refractivity contribution in [1.29, 1.82) is 0 Å². The van der Waals surface area contributed by atoms with Crippen molar-refractivity contribution >= 4 is 21.4 Å². The van der Waals surface area contributed by atoms with Gasteiger partial charge < -0.3 is 20.5 Å². The van der Waals surface area contributed by atoms with Crippen molar-refractivity contribution in [2.75, 3.05) is 31.6 Å². The van der Waals surface area contributed by atoms with E-state index in [0.717, 1.165) is 11.2 Å². The fourth-order valence-electron chi connectivity index (χ4n) is 3.27. The topological polar surface area (TPSA) is 88.9 Å². The molecule has 0 aliphatic carbocycles. The molecule has 10 heteroatoms. The lowest BCUT2D eigenvalue weighted by molar-refractivity contribution is 0.0249. The maximum Gasteiger partial charge on any atom is 0.214 e. The monoisotopic (exact) mass is 395 g/mol. The highest BCUT2D eigenvalue weighted by Gasteiger charge is 2.32. The number of rotatable bonds is 4. The van der Waals surface area contributed by atoms with Crippen molar-refractivity contribution in [2.45, 2.75) is 18.4 Å². The molecule has 0 amide bonds. The molecular formula is C17H19F2N5O2S. The van der Waals surface area contributed by atoms with Gasteiger partial charge in [0.25, 0.3) is 0 Å². The van der Waals surface area contributed by atoms with Crippen LogP contribution in [0.4, 0.5) is 13.9 Å². The molecule has 0 saturated carbocycles. The Balaban J connectivity index is 1.70. The van der Waals surface area contributed by atoms with E-state index in [4.69, 9.17) is 10.5 Å². The number of hydrogen-bond acceptors (Lipinski definition) is 7. The molecule has 27 heavy (non-hydrogen) atoms. The number of piperidine rings is 1. The van der Waals surface area contributed by atoms with Gasteiger partial charge in [0.2, 0.25) is 10.1 Å². The summed E-state index contributed by atoms with van der Waals surface area (Å²) in [6, 6.07) is 1.98. The third kappa shape index (κ3) is 3.13. The predicted octanol–water partition coefficient (Wildman–Crippen LogP) is 2.03. The van der Waals surface area contributed by atoms with Gasteiger partial charge in [0.05, 0.1) is 24.6 Å². The zero-order valence-electron chi connectivity index (χ0n) is 14.7. The lowest BCUT2D eigenvalue weighted by Crippen LogP contribution is -2.48. The molecule has 1 aromatic carbocycles. The minimum Gasteiger partial charge on any atom is -0.493 e. The second-order valence-electron chi connectivity index (χ2n) is 6.61. The van der Waals surface area contributed by atoms with E-state index in [1.165, 1.54) is 30.7 Å². The molecule has 1 saturated heterocycles. The summed E-state index contributed by atoms with van der Waals surface area (Å²) in [4.78, 5) is 6.97. The molecule has 4 rings (SSSR count). The van der Waals surface area contributed by atoms with Crippen LogP contribution in [0.25, 0.3) is 16.2 Å². The van der Waals surface area contributed by atoms with Crippen LogP contribution in [0.5, 0.6) is 5.75 Å². The van der Waals surface area contributed by atoms with Crippen molar-refractivity contribution in [3.8, 4) is 17.0 Å². The van der Waals surface area contributed by atoms with E-state index >= 15 is 0 Å². The first-order valence-electron chi connectivity index (χ1n) is 8.49. The van der Waals surface area contributed by atoms with Gasteiger partial charge in [-0.15, -0.1) is 5.10 Å². The molecule has 0 radical (unpaired) electrons. The Kier molecular flexibility index (Phi) is 4.49. The summed E-state index contributed by atoms with van der Waals surface area (Å²) >= 11 is 1.37. The number of fused-ring (bicyclic) bond motifs is 1. The van der Waals surface area contributed by atoms with Crippen LogP contribution in [-0.4, -0.2) is 52.0 Å². The number of benzene rings is 1. The number of anilines is 1. The maximum atomic E-state index is 14.1. The average molecular weight is 395 g/mol. The molecule has 3 aromatic rings. The van der Waals surface area contributed by atoms with Crippen LogP contribution >= 0.6 is 11.3 Å². The van der Waals surface area contributed by atoms with E-state index < -0.39 is 17.2 Å². The molecule has 1 aliphatic rings. The Hall–Kier alpha value is -2.30. The zero-order valence-corrected chi connectivity index (χ0v) is 15.5. The quantitative estimate of drug-likeness (QED) is 0.703. The van der Waals surface area contributed by atoms with E-state index in [9.17, 15) is 13.9 Å². The van der Waals surface area contributed by atoms with Crippen molar-refractivity contribution in [3.63, 3.8) is 0 Å². The molecule has 7 nitrogen and oxygen atoms in total. The van der Waals surface area contributed by atoms with Gasteiger partial charge in [0.1, 0.15) is 5.82 Å². The summed E-state index contributed by atoms with van der Waals surface area (Å²) in [7, 11) is 1.33. The summed E-state index contributed by atoms with van der Waals surface area (Å²) in [5, 5.41) is 15.6. The Morgan fingerprint density at radius 3 is 2.74 bits per heavy atom. The molecule has 0 spiro atoms. The molecule has 0 atom stereocenters. The Morgan fingerprint density at radius 1 is 1.33 bits per heavy atom. The first kappa shape index (κ1) is 18.1. The molecule has 0 bridgehead atoms. The second-order valence-corrected chi connectivity index (χ2v) is 7.54. The number of methoxy groups -OCH3 is 1. The smallest absolute Gasteiger partial charge is 0.214 e. The van der Waals surface area contributed by atoms with E-state index in [1.54, 1.807) is 4.52 Å². The van der Waals surface area contributed by atoms with Crippen LogP contribution in [0.1, 0.15) is 12.8 Å². The number of nitrogens with two attached hydrogens (primary N) is 1. The van der Waals surface area contributed by atoms with Crippen molar-refractivity contribution in [3.05, 3.63) is 30.0 Å². The third-order valence-corrected chi connectivity index (χ3v) is 5.89. The molecule has 0 unspecified atom stereocenters. The Morgan fingerprint density at radius 2 is 2.07 bits per heavy atom. The summed E-state index contributed by atoms with van der Waals surface area (Å²) in [5.74, 6) is -1.54. The van der Waals surface area contributed by atoms with E-state index in [2.05, 4.69) is 15.0 Å². The highest BCUT2D eigenvalue weighted by Crippen LogP contribution is 2.36. The van der Waals surface area contributed by atoms with Gasteiger partial charge in [-0.2, -0.15) is 0 Å². The van der Waals surface area contributed by atoms with Crippen LogP contribution in [0.2, 0.25) is 0 Å². The van der Waals surface area contributed by atoms with Gasteiger partial charge >= 0.3 is 0 Å². The largest absolute Gasteiger partial charge is 0.493 e. The molecule has 144 valence electrons. The number of aliphatic hydroxyl groups is 1. The summed E-state index contributed by atoms with van der Waals surface area (Å²) in [6.45, 7) is 1.48. The number of ether oxygens (including phenoxy) is 1. The SMILES string of the molecule is COc1c(F)cc(F)cc1-c1cnc2sc(N3CCC(O)(CN)CC3)nn12. The van der Waals surface area contributed by atoms with Crippen LogP contribution in [0.3, 0.4) is 0 Å². The first-order chi connectivity index (χ1) is 12.9. The van der Waals surface area contributed by atoms with Crippen LogP contribution in [-0.2, 0) is 0 Å². The third-order valence-electron chi connectivity index (χ3n) is 4.91. The van der Waals surface area contributed by atoms with Gasteiger partial charge in [-0.05, 0) is 18.9 Å². The number of aromatic nitrogens is 3. The van der Waals surface area contributed by atoms with Crippen LogP contribution in [0, 0.1) is 11.6 Å². The molecule has 2 aromatic heterocycles. The minimum absolute atomic E-state index is 0.0567. The van der Waals surface area contributed by atoms with Gasteiger partial charge in [-0.1, -0.05) is 11.3 Å². The number of nitrogens with zero attached hydrogens (tertiary/aromatic N) is 4. The van der Waals surface area contributed by atoms with Crippen LogP contribution in [0.15, 0.2) is 18.3 Å².